The van der Waals surface area contributed by atoms with Gasteiger partial charge in [0.15, 0.2) is 0 Å². The van der Waals surface area contributed by atoms with Crippen molar-refractivity contribution in [2.45, 2.75) is 29.2 Å². The minimum absolute atomic E-state index is 0. The predicted molar refractivity (Wildman–Crippen MR) is 37.4 cm³/mol. The first-order valence-electron chi connectivity index (χ1n) is 3.80. The van der Waals surface area contributed by atoms with E-state index in [-0.39, 0.29) is 27.3 Å². The molecule has 0 fully saturated rings. The minimum Gasteiger partial charge on any atom is -0.281 e. The van der Waals surface area contributed by atoms with Crippen molar-refractivity contribution in [2.24, 2.45) is 0 Å². The number of halogens is 11. The molecule has 0 atom stereocenters. The average molecular weight is 463 g/mol. The van der Waals surface area contributed by atoms with Gasteiger partial charge in [-0.15, -0.1) is 0 Å². The molecule has 0 unspecified atom stereocenters. The van der Waals surface area contributed by atoms with Gasteiger partial charge < -0.3 is 0 Å². The van der Waals surface area contributed by atoms with Gasteiger partial charge in [0.2, 0.25) is 0 Å². The second-order valence-electron chi connectivity index (χ2n) is 3.21. The molecule has 0 amide bonds. The molecule has 0 saturated carbocycles. The molecule has 0 aromatic rings. The summed E-state index contributed by atoms with van der Waals surface area (Å²) in [6.45, 7) is 0. The van der Waals surface area contributed by atoms with Crippen LogP contribution in [0.5, 0.6) is 0 Å². The maximum absolute atomic E-state index is 12.5. The van der Waals surface area contributed by atoms with Gasteiger partial charge in [0, 0.05) is 27.3 Å². The van der Waals surface area contributed by atoms with Crippen molar-refractivity contribution >= 4 is 10.1 Å². The Morgan fingerprint density at radius 3 is 1.10 bits per heavy atom. The number of rotatable bonds is 4. The van der Waals surface area contributed by atoms with Crippen LogP contribution in [0.25, 0.3) is 0 Å². The molecule has 21 heavy (non-hydrogen) atoms. The van der Waals surface area contributed by atoms with Crippen molar-refractivity contribution < 1.29 is 88.6 Å². The van der Waals surface area contributed by atoms with Gasteiger partial charge in [-0.05, 0) is 0 Å². The summed E-state index contributed by atoms with van der Waals surface area (Å²) in [7, 11) is -7.41. The third kappa shape index (κ3) is 3.22. The Morgan fingerprint density at radius 1 is 0.619 bits per heavy atom. The van der Waals surface area contributed by atoms with Crippen molar-refractivity contribution in [1.82, 2.24) is 0 Å². The average Bonchev–Trinajstić information content (AvgIpc) is 2.12. The third-order valence-corrected chi connectivity index (χ3v) is 2.74. The first-order valence-corrected chi connectivity index (χ1v) is 5.24. The second-order valence-corrected chi connectivity index (χ2v) is 4.68. The number of hydrogen-bond acceptors (Lipinski definition) is 2. The summed E-state index contributed by atoms with van der Waals surface area (Å²) in [6.07, 6.45) is -7.39. The van der Waals surface area contributed by atoms with Crippen LogP contribution in [-0.2, 0) is 37.4 Å². The molecule has 0 aliphatic rings. The van der Waals surface area contributed by atoms with Crippen molar-refractivity contribution in [3.05, 3.63) is 0 Å². The zero-order valence-corrected chi connectivity index (χ0v) is 13.9. The largest absolute Gasteiger partial charge is 0.460 e. The van der Waals surface area contributed by atoms with E-state index in [0.717, 1.165) is 0 Å². The van der Waals surface area contributed by atoms with E-state index in [1.807, 2.05) is 0 Å². The summed E-state index contributed by atoms with van der Waals surface area (Å²) in [5, 5.41) is -7.29. The molecule has 0 bridgehead atoms. The fourth-order valence-corrected chi connectivity index (χ4v) is 1.17. The van der Waals surface area contributed by atoms with E-state index >= 15 is 0 Å². The monoisotopic (exact) mass is 464 g/mol. The molecule has 1 N–H and O–H groups in total. The molecule has 0 saturated heterocycles. The Bertz CT molecular complexity index is 481. The molecule has 124 valence electrons. The maximum Gasteiger partial charge on any atom is 0.460 e. The summed E-state index contributed by atoms with van der Waals surface area (Å²) < 4.78 is 161. The van der Waals surface area contributed by atoms with E-state index in [0.29, 0.717) is 0 Å². The molecular weight excluding hydrogens is 462 g/mol. The van der Waals surface area contributed by atoms with Gasteiger partial charge in [0.05, 0.1) is 0 Å². The predicted octanol–water partition coefficient (Wildman–Crippen LogP) is 2.93. The van der Waals surface area contributed by atoms with Gasteiger partial charge in [-0.2, -0.15) is 56.7 Å². The van der Waals surface area contributed by atoms with Gasteiger partial charge >= 0.3 is 39.3 Å². The Labute approximate surface area is 128 Å². The molecule has 0 aromatic heterocycles. The van der Waals surface area contributed by atoms with Crippen LogP contribution in [0.4, 0.5) is 48.3 Å². The second kappa shape index (κ2) is 5.61. The third-order valence-electron chi connectivity index (χ3n) is 1.83. The molecule has 3 nitrogen and oxygen atoms in total. The van der Waals surface area contributed by atoms with Gasteiger partial charge in [0.1, 0.15) is 0 Å². The summed E-state index contributed by atoms with van der Waals surface area (Å²) in [5.41, 5.74) is 0. The van der Waals surface area contributed by atoms with Crippen molar-refractivity contribution in [1.29, 1.82) is 0 Å². The normalized spacial score (nSPS) is 15.6. The van der Waals surface area contributed by atoms with Crippen molar-refractivity contribution in [2.75, 3.05) is 0 Å². The van der Waals surface area contributed by atoms with Crippen LogP contribution in [0.15, 0.2) is 0 Å². The van der Waals surface area contributed by atoms with Crippen LogP contribution in [0, 0.1) is 0 Å². The Balaban J connectivity index is 0. The maximum atomic E-state index is 12.5. The van der Waals surface area contributed by atoms with Gasteiger partial charge in [0.25, 0.3) is 0 Å². The SMILES string of the molecule is O=S(=O)(O)C(F)(F)C(F)(F)C(F)(F)C(F)(F)C(F)(F)F.[Cd]. The Kier molecular flexibility index (Phi) is 6.23. The van der Waals surface area contributed by atoms with E-state index in [9.17, 15) is 56.7 Å². The molecule has 0 aliphatic carbocycles. The van der Waals surface area contributed by atoms with Gasteiger partial charge in [-0.1, -0.05) is 0 Å². The summed E-state index contributed by atoms with van der Waals surface area (Å²) in [4.78, 5) is 0. The first kappa shape index (κ1) is 23.3. The molecule has 0 aromatic carbocycles. The van der Waals surface area contributed by atoms with E-state index in [2.05, 4.69) is 0 Å². The standard InChI is InChI=1S/C5HF11O3S.Cd/c6-1(7,2(8,9)4(12,13)14)3(10,11)5(15,16)20(17,18)19;/h(H,17,18,19);. The topological polar surface area (TPSA) is 54.4 Å². The zero-order chi connectivity index (χ0) is 17.0. The summed E-state index contributed by atoms with van der Waals surface area (Å²) >= 11 is 0. The van der Waals surface area contributed by atoms with Gasteiger partial charge in [-0.3, -0.25) is 4.55 Å². The van der Waals surface area contributed by atoms with Crippen LogP contribution >= 0.6 is 0 Å². The Morgan fingerprint density at radius 2 is 0.905 bits per heavy atom. The fraction of sp³-hybridized carbons (Fsp3) is 1.00. The summed E-state index contributed by atoms with van der Waals surface area (Å²) in [5.74, 6) is -23.3. The molecule has 0 spiro atoms. The molecule has 0 rings (SSSR count). The van der Waals surface area contributed by atoms with Crippen LogP contribution in [0.2, 0.25) is 0 Å². The van der Waals surface area contributed by atoms with E-state index < -0.39 is 39.3 Å². The number of alkyl halides is 11. The smallest absolute Gasteiger partial charge is 0.281 e. The number of hydrogen-bond donors (Lipinski definition) is 1. The first-order chi connectivity index (χ1) is 8.25. The van der Waals surface area contributed by atoms with E-state index in [1.54, 1.807) is 0 Å². The van der Waals surface area contributed by atoms with Crippen LogP contribution in [-0.4, -0.2) is 42.2 Å². The molecule has 0 radical (unpaired) electrons. The van der Waals surface area contributed by atoms with Crippen LogP contribution in [0.1, 0.15) is 0 Å². The van der Waals surface area contributed by atoms with Crippen molar-refractivity contribution in [3.63, 3.8) is 0 Å². The van der Waals surface area contributed by atoms with Gasteiger partial charge in [-0.25, -0.2) is 0 Å². The summed E-state index contributed by atoms with van der Waals surface area (Å²) in [6, 6.07) is 0. The van der Waals surface area contributed by atoms with Crippen molar-refractivity contribution in [3.8, 4) is 0 Å². The van der Waals surface area contributed by atoms with Crippen LogP contribution in [0.3, 0.4) is 0 Å². The molecular formula is C5HCdF11O3S. The van der Waals surface area contributed by atoms with E-state index in [4.69, 9.17) is 4.55 Å². The zero-order valence-electron chi connectivity index (χ0n) is 9.04. The van der Waals surface area contributed by atoms with E-state index in [1.165, 1.54) is 0 Å². The minimum atomic E-state index is -7.86. The van der Waals surface area contributed by atoms with Crippen LogP contribution < -0.4 is 0 Å². The quantitative estimate of drug-likeness (QED) is 0.397. The molecule has 16 heteroatoms. The fourth-order valence-electron chi connectivity index (χ4n) is 0.720. The Hall–Kier alpha value is 0.0621. The molecule has 0 aliphatic heterocycles. The molecule has 0 heterocycles.